The van der Waals surface area contributed by atoms with Gasteiger partial charge in [-0.15, -0.1) is 5.10 Å². The van der Waals surface area contributed by atoms with E-state index in [1.54, 1.807) is 12.1 Å². The first-order valence-corrected chi connectivity index (χ1v) is 4.61. The molecule has 1 saturated heterocycles. The van der Waals surface area contributed by atoms with Gasteiger partial charge in [-0.05, 0) is 12.1 Å². The summed E-state index contributed by atoms with van der Waals surface area (Å²) in [7, 11) is 0. The van der Waals surface area contributed by atoms with Gasteiger partial charge in [-0.1, -0.05) is 0 Å². The molecule has 0 aromatic carbocycles. The van der Waals surface area contributed by atoms with Crippen molar-refractivity contribution < 1.29 is 5.11 Å². The summed E-state index contributed by atoms with van der Waals surface area (Å²) in [6.07, 6.45) is -0.288. The van der Waals surface area contributed by atoms with Crippen molar-refractivity contribution in [3.8, 4) is 0 Å². The first-order valence-electron chi connectivity index (χ1n) is 4.61. The Morgan fingerprint density at radius 2 is 2.27 bits per heavy atom. The molecule has 0 saturated carbocycles. The molecule has 15 heavy (non-hydrogen) atoms. The molecule has 2 N–H and O–H groups in total. The number of aromatic nitrogens is 4. The Morgan fingerprint density at radius 1 is 1.47 bits per heavy atom. The largest absolute Gasteiger partial charge is 0.389 e. The van der Waals surface area contributed by atoms with Crippen LogP contribution in [-0.4, -0.2) is 44.1 Å². The molecule has 0 amide bonds. The Bertz CT molecular complexity index is 553. The van der Waals surface area contributed by atoms with Gasteiger partial charge in [0, 0.05) is 13.1 Å². The maximum atomic E-state index is 11.2. The minimum Gasteiger partial charge on any atom is -0.389 e. The van der Waals surface area contributed by atoms with Crippen molar-refractivity contribution in [1.29, 1.82) is 0 Å². The van der Waals surface area contributed by atoms with Crippen molar-refractivity contribution in [2.75, 3.05) is 18.0 Å². The monoisotopic (exact) mass is 207 g/mol. The van der Waals surface area contributed by atoms with Crippen LogP contribution in [0, 0.1) is 0 Å². The molecule has 1 aliphatic heterocycles. The third-order valence-corrected chi connectivity index (χ3v) is 2.45. The minimum atomic E-state index is -0.354. The number of fused-ring (bicyclic) bond motifs is 1. The molecule has 2 aromatic heterocycles. The SMILES string of the molecule is O=c1[nH]nc2ccc(N3CC(O)C3)nn12. The highest BCUT2D eigenvalue weighted by atomic mass is 16.3. The Kier molecular flexibility index (Phi) is 1.57. The molecule has 1 aliphatic rings. The maximum Gasteiger partial charge on any atom is 0.364 e. The van der Waals surface area contributed by atoms with Crippen LogP contribution in [0.2, 0.25) is 0 Å². The van der Waals surface area contributed by atoms with E-state index in [2.05, 4.69) is 15.3 Å². The topological polar surface area (TPSA) is 86.5 Å². The highest BCUT2D eigenvalue weighted by Crippen LogP contribution is 2.17. The van der Waals surface area contributed by atoms with E-state index in [4.69, 9.17) is 5.11 Å². The number of rotatable bonds is 1. The van der Waals surface area contributed by atoms with Gasteiger partial charge in [0.2, 0.25) is 0 Å². The number of anilines is 1. The van der Waals surface area contributed by atoms with E-state index in [0.717, 1.165) is 0 Å². The number of H-pyrrole nitrogens is 1. The molecule has 3 heterocycles. The highest BCUT2D eigenvalue weighted by Gasteiger charge is 2.25. The summed E-state index contributed by atoms with van der Waals surface area (Å²) >= 11 is 0. The highest BCUT2D eigenvalue weighted by molar-refractivity contribution is 5.46. The van der Waals surface area contributed by atoms with Crippen LogP contribution in [0.1, 0.15) is 0 Å². The van der Waals surface area contributed by atoms with E-state index in [1.807, 2.05) is 4.90 Å². The van der Waals surface area contributed by atoms with Crippen LogP contribution in [0.25, 0.3) is 5.65 Å². The minimum absolute atomic E-state index is 0.288. The molecule has 3 rings (SSSR count). The van der Waals surface area contributed by atoms with E-state index in [9.17, 15) is 4.79 Å². The predicted octanol–water partition coefficient (Wildman–Crippen LogP) is -1.40. The third-order valence-electron chi connectivity index (χ3n) is 2.45. The number of aromatic amines is 1. The standard InChI is InChI=1S/C8H9N5O2/c14-5-3-12(4-5)7-2-1-6-9-10-8(15)13(6)11-7/h1-2,5,14H,3-4H2,(H,10,15). The predicted molar refractivity (Wildman–Crippen MR) is 51.8 cm³/mol. The molecule has 2 aromatic rings. The van der Waals surface area contributed by atoms with Crippen LogP contribution in [0.3, 0.4) is 0 Å². The average molecular weight is 207 g/mol. The summed E-state index contributed by atoms with van der Waals surface area (Å²) in [5, 5.41) is 19.4. The van der Waals surface area contributed by atoms with Gasteiger partial charge in [0.15, 0.2) is 5.65 Å². The first-order chi connectivity index (χ1) is 7.24. The van der Waals surface area contributed by atoms with Gasteiger partial charge in [0.05, 0.1) is 6.10 Å². The van der Waals surface area contributed by atoms with Crippen LogP contribution in [0.5, 0.6) is 0 Å². The number of aliphatic hydroxyl groups is 1. The van der Waals surface area contributed by atoms with Crippen molar-refractivity contribution in [3.63, 3.8) is 0 Å². The summed E-state index contributed by atoms with van der Waals surface area (Å²) in [6, 6.07) is 3.49. The molecule has 78 valence electrons. The molecule has 0 unspecified atom stereocenters. The fraction of sp³-hybridized carbons (Fsp3) is 0.375. The Hall–Kier alpha value is -1.89. The normalized spacial score (nSPS) is 17.0. The van der Waals surface area contributed by atoms with Crippen LogP contribution in [0.15, 0.2) is 16.9 Å². The quantitative estimate of drug-likeness (QED) is 0.600. The lowest BCUT2D eigenvalue weighted by Gasteiger charge is -2.36. The van der Waals surface area contributed by atoms with Gasteiger partial charge in [0.25, 0.3) is 0 Å². The number of β-amino-alcohol motifs (C(OH)–C–C–N with tert-alkyl or cyclic N) is 1. The lowest BCUT2D eigenvalue weighted by molar-refractivity contribution is 0.141. The summed E-state index contributed by atoms with van der Waals surface area (Å²) in [6.45, 7) is 1.12. The smallest absolute Gasteiger partial charge is 0.364 e. The van der Waals surface area contributed by atoms with Crippen molar-refractivity contribution in [3.05, 3.63) is 22.6 Å². The second-order valence-electron chi connectivity index (χ2n) is 3.55. The zero-order valence-corrected chi connectivity index (χ0v) is 7.79. The van der Waals surface area contributed by atoms with Gasteiger partial charge in [0.1, 0.15) is 5.82 Å². The number of hydrogen-bond acceptors (Lipinski definition) is 5. The average Bonchev–Trinajstić information content (AvgIpc) is 2.56. The van der Waals surface area contributed by atoms with Crippen molar-refractivity contribution >= 4 is 11.5 Å². The number of aliphatic hydroxyl groups excluding tert-OH is 1. The van der Waals surface area contributed by atoms with Gasteiger partial charge in [-0.2, -0.15) is 9.61 Å². The van der Waals surface area contributed by atoms with Crippen molar-refractivity contribution in [1.82, 2.24) is 19.8 Å². The molecular weight excluding hydrogens is 198 g/mol. The van der Waals surface area contributed by atoms with E-state index in [-0.39, 0.29) is 11.8 Å². The zero-order valence-electron chi connectivity index (χ0n) is 7.79. The number of nitrogens with one attached hydrogen (secondary N) is 1. The summed E-state index contributed by atoms with van der Waals surface area (Å²) in [5.74, 6) is 0.677. The summed E-state index contributed by atoms with van der Waals surface area (Å²) in [4.78, 5) is 13.1. The zero-order chi connectivity index (χ0) is 10.4. The fourth-order valence-corrected chi connectivity index (χ4v) is 1.60. The van der Waals surface area contributed by atoms with Crippen LogP contribution in [0.4, 0.5) is 5.82 Å². The fourth-order valence-electron chi connectivity index (χ4n) is 1.60. The Labute approximate surface area is 83.9 Å². The Balaban J connectivity index is 2.06. The lowest BCUT2D eigenvalue weighted by Crippen LogP contribution is -2.51. The van der Waals surface area contributed by atoms with Crippen LogP contribution < -0.4 is 10.6 Å². The molecule has 0 radical (unpaired) electrons. The second-order valence-corrected chi connectivity index (χ2v) is 3.55. The van der Waals surface area contributed by atoms with E-state index in [0.29, 0.717) is 24.6 Å². The first kappa shape index (κ1) is 8.42. The summed E-state index contributed by atoms with van der Waals surface area (Å²) < 4.78 is 1.21. The molecule has 0 bridgehead atoms. The molecule has 1 fully saturated rings. The van der Waals surface area contributed by atoms with Crippen molar-refractivity contribution in [2.45, 2.75) is 6.10 Å². The van der Waals surface area contributed by atoms with E-state index >= 15 is 0 Å². The van der Waals surface area contributed by atoms with Gasteiger partial charge in [-0.25, -0.2) is 9.89 Å². The lowest BCUT2D eigenvalue weighted by atomic mass is 10.2. The second kappa shape index (κ2) is 2.80. The molecule has 7 heteroatoms. The van der Waals surface area contributed by atoms with Crippen molar-refractivity contribution in [2.24, 2.45) is 0 Å². The van der Waals surface area contributed by atoms with Crippen LogP contribution >= 0.6 is 0 Å². The molecule has 0 aliphatic carbocycles. The van der Waals surface area contributed by atoms with E-state index < -0.39 is 0 Å². The van der Waals surface area contributed by atoms with Crippen LogP contribution in [-0.2, 0) is 0 Å². The molecular formula is C8H9N5O2. The maximum absolute atomic E-state index is 11.2. The third kappa shape index (κ3) is 1.20. The number of nitrogens with zero attached hydrogens (tertiary/aromatic N) is 4. The summed E-state index contributed by atoms with van der Waals surface area (Å²) in [5.41, 5.74) is 0.137. The Morgan fingerprint density at radius 3 is 3.00 bits per heavy atom. The van der Waals surface area contributed by atoms with Gasteiger partial charge in [-0.3, -0.25) is 0 Å². The van der Waals surface area contributed by atoms with Gasteiger partial charge >= 0.3 is 5.69 Å². The molecule has 0 atom stereocenters. The number of hydrogen-bond donors (Lipinski definition) is 2. The van der Waals surface area contributed by atoms with Gasteiger partial charge < -0.3 is 10.0 Å². The molecule has 0 spiro atoms. The molecule has 7 nitrogen and oxygen atoms in total. The van der Waals surface area contributed by atoms with E-state index in [1.165, 1.54) is 4.52 Å².